The van der Waals surface area contributed by atoms with Crippen LogP contribution < -0.4 is 10.1 Å². The van der Waals surface area contributed by atoms with Crippen LogP contribution in [0, 0.1) is 0 Å². The second-order valence-corrected chi connectivity index (χ2v) is 6.97. The van der Waals surface area contributed by atoms with Gasteiger partial charge in [-0.05, 0) is 36.6 Å². The SMILES string of the molecule is Brc1ccc2c(c1)OCCCC2NCc1ccccc1Br. The molecule has 2 aromatic rings. The van der Waals surface area contributed by atoms with Crippen LogP contribution in [-0.4, -0.2) is 6.61 Å². The van der Waals surface area contributed by atoms with Crippen LogP contribution in [0.2, 0.25) is 0 Å². The summed E-state index contributed by atoms with van der Waals surface area (Å²) < 4.78 is 8.07. The highest BCUT2D eigenvalue weighted by molar-refractivity contribution is 9.10. The average molecular weight is 411 g/mol. The number of nitrogens with one attached hydrogen (secondary N) is 1. The monoisotopic (exact) mass is 409 g/mol. The molecule has 0 radical (unpaired) electrons. The smallest absolute Gasteiger partial charge is 0.125 e. The van der Waals surface area contributed by atoms with Gasteiger partial charge in [0.25, 0.3) is 0 Å². The molecule has 1 atom stereocenters. The molecule has 1 N–H and O–H groups in total. The molecule has 0 saturated carbocycles. The van der Waals surface area contributed by atoms with Crippen LogP contribution in [0.15, 0.2) is 51.4 Å². The molecule has 0 fully saturated rings. The van der Waals surface area contributed by atoms with Crippen LogP contribution in [0.4, 0.5) is 0 Å². The molecule has 2 nitrogen and oxygen atoms in total. The maximum absolute atomic E-state index is 5.86. The minimum Gasteiger partial charge on any atom is -0.493 e. The number of benzene rings is 2. The molecule has 1 heterocycles. The molecule has 0 spiro atoms. The number of fused-ring (bicyclic) bond motifs is 1. The van der Waals surface area contributed by atoms with Gasteiger partial charge in [0, 0.05) is 27.1 Å². The first-order chi connectivity index (χ1) is 10.2. The van der Waals surface area contributed by atoms with Crippen molar-refractivity contribution in [1.82, 2.24) is 5.32 Å². The van der Waals surface area contributed by atoms with E-state index in [-0.39, 0.29) is 0 Å². The molecule has 1 unspecified atom stereocenters. The fourth-order valence-corrected chi connectivity index (χ4v) is 3.40. The van der Waals surface area contributed by atoms with E-state index < -0.39 is 0 Å². The van der Waals surface area contributed by atoms with Crippen LogP contribution in [0.5, 0.6) is 5.75 Å². The molecule has 0 aliphatic carbocycles. The van der Waals surface area contributed by atoms with Crippen molar-refractivity contribution in [2.24, 2.45) is 0 Å². The van der Waals surface area contributed by atoms with Crippen molar-refractivity contribution in [1.29, 1.82) is 0 Å². The molecular weight excluding hydrogens is 394 g/mol. The summed E-state index contributed by atoms with van der Waals surface area (Å²) in [7, 11) is 0. The van der Waals surface area contributed by atoms with Crippen molar-refractivity contribution in [2.75, 3.05) is 6.61 Å². The van der Waals surface area contributed by atoms with Crippen LogP contribution >= 0.6 is 31.9 Å². The Kier molecular flexibility index (Phi) is 4.99. The Balaban J connectivity index is 1.78. The van der Waals surface area contributed by atoms with Gasteiger partial charge in [0.15, 0.2) is 0 Å². The van der Waals surface area contributed by atoms with E-state index in [1.807, 2.05) is 6.07 Å². The highest BCUT2D eigenvalue weighted by atomic mass is 79.9. The lowest BCUT2D eigenvalue weighted by atomic mass is 10.0. The van der Waals surface area contributed by atoms with Crippen molar-refractivity contribution < 1.29 is 4.74 Å². The van der Waals surface area contributed by atoms with Gasteiger partial charge < -0.3 is 10.1 Å². The van der Waals surface area contributed by atoms with Crippen molar-refractivity contribution in [3.05, 3.63) is 62.5 Å². The zero-order chi connectivity index (χ0) is 14.7. The van der Waals surface area contributed by atoms with Crippen molar-refractivity contribution >= 4 is 31.9 Å². The fraction of sp³-hybridized carbons (Fsp3) is 0.294. The lowest BCUT2D eigenvalue weighted by Crippen LogP contribution is -2.20. The van der Waals surface area contributed by atoms with E-state index >= 15 is 0 Å². The van der Waals surface area contributed by atoms with E-state index in [2.05, 4.69) is 73.6 Å². The maximum Gasteiger partial charge on any atom is 0.125 e. The molecule has 0 amide bonds. The highest BCUT2D eigenvalue weighted by Crippen LogP contribution is 2.34. The van der Waals surface area contributed by atoms with E-state index in [1.165, 1.54) is 11.1 Å². The van der Waals surface area contributed by atoms with Gasteiger partial charge in [-0.2, -0.15) is 0 Å². The Hall–Kier alpha value is -0.840. The first-order valence-electron chi connectivity index (χ1n) is 7.13. The second-order valence-electron chi connectivity index (χ2n) is 5.20. The minimum atomic E-state index is 0.336. The summed E-state index contributed by atoms with van der Waals surface area (Å²) >= 11 is 7.12. The summed E-state index contributed by atoms with van der Waals surface area (Å²) in [5, 5.41) is 3.67. The predicted octanol–water partition coefficient (Wildman–Crippen LogP) is 5.22. The zero-order valence-electron chi connectivity index (χ0n) is 11.6. The molecule has 110 valence electrons. The Morgan fingerprint density at radius 2 is 2.00 bits per heavy atom. The number of ether oxygens (including phenoxy) is 1. The fourth-order valence-electron chi connectivity index (χ4n) is 2.63. The van der Waals surface area contributed by atoms with Gasteiger partial charge in [0.2, 0.25) is 0 Å². The predicted molar refractivity (Wildman–Crippen MR) is 92.6 cm³/mol. The topological polar surface area (TPSA) is 21.3 Å². The van der Waals surface area contributed by atoms with Crippen molar-refractivity contribution in [3.8, 4) is 5.75 Å². The standard InChI is InChI=1S/C17H17Br2NO/c18-13-7-8-14-16(6-3-9-21-17(14)10-13)20-11-12-4-1-2-5-15(12)19/h1-2,4-5,7-8,10,16,20H,3,6,9,11H2. The number of hydrogen-bond donors (Lipinski definition) is 1. The third-order valence-electron chi connectivity index (χ3n) is 3.74. The van der Waals surface area contributed by atoms with E-state index in [0.717, 1.165) is 40.7 Å². The molecular formula is C17H17Br2NO. The third kappa shape index (κ3) is 3.68. The van der Waals surface area contributed by atoms with Gasteiger partial charge in [-0.25, -0.2) is 0 Å². The molecule has 1 aliphatic heterocycles. The number of rotatable bonds is 3. The third-order valence-corrected chi connectivity index (χ3v) is 5.01. The lowest BCUT2D eigenvalue weighted by molar-refractivity contribution is 0.315. The van der Waals surface area contributed by atoms with Gasteiger partial charge in [-0.15, -0.1) is 0 Å². The molecule has 2 aromatic carbocycles. The largest absolute Gasteiger partial charge is 0.493 e. The Morgan fingerprint density at radius 3 is 2.86 bits per heavy atom. The van der Waals surface area contributed by atoms with E-state index in [0.29, 0.717) is 6.04 Å². The second kappa shape index (κ2) is 6.95. The summed E-state index contributed by atoms with van der Waals surface area (Å²) in [5.41, 5.74) is 2.53. The summed E-state index contributed by atoms with van der Waals surface area (Å²) in [4.78, 5) is 0. The van der Waals surface area contributed by atoms with Crippen LogP contribution in [0.1, 0.15) is 30.0 Å². The van der Waals surface area contributed by atoms with Crippen LogP contribution in [0.25, 0.3) is 0 Å². The molecule has 21 heavy (non-hydrogen) atoms. The minimum absolute atomic E-state index is 0.336. The summed E-state index contributed by atoms with van der Waals surface area (Å²) in [6.45, 7) is 1.64. The summed E-state index contributed by atoms with van der Waals surface area (Å²) in [5.74, 6) is 0.992. The first-order valence-corrected chi connectivity index (χ1v) is 8.71. The van der Waals surface area contributed by atoms with Gasteiger partial charge in [-0.3, -0.25) is 0 Å². The van der Waals surface area contributed by atoms with Crippen LogP contribution in [-0.2, 0) is 6.54 Å². The maximum atomic E-state index is 5.86. The van der Waals surface area contributed by atoms with Gasteiger partial charge in [-0.1, -0.05) is 56.1 Å². The Morgan fingerprint density at radius 1 is 1.14 bits per heavy atom. The molecule has 0 bridgehead atoms. The average Bonchev–Trinajstić information content (AvgIpc) is 2.68. The van der Waals surface area contributed by atoms with Crippen molar-refractivity contribution in [2.45, 2.75) is 25.4 Å². The quantitative estimate of drug-likeness (QED) is 0.749. The molecule has 0 aromatic heterocycles. The van der Waals surface area contributed by atoms with E-state index in [4.69, 9.17) is 4.74 Å². The Labute approximate surface area is 142 Å². The first kappa shape index (κ1) is 15.1. The number of hydrogen-bond acceptors (Lipinski definition) is 2. The highest BCUT2D eigenvalue weighted by Gasteiger charge is 2.19. The van der Waals surface area contributed by atoms with Gasteiger partial charge >= 0.3 is 0 Å². The van der Waals surface area contributed by atoms with Crippen molar-refractivity contribution in [3.63, 3.8) is 0 Å². The van der Waals surface area contributed by atoms with E-state index in [9.17, 15) is 0 Å². The zero-order valence-corrected chi connectivity index (χ0v) is 14.8. The van der Waals surface area contributed by atoms with Crippen LogP contribution in [0.3, 0.4) is 0 Å². The molecule has 1 aliphatic rings. The molecule has 3 rings (SSSR count). The Bertz CT molecular complexity index is 630. The van der Waals surface area contributed by atoms with E-state index in [1.54, 1.807) is 0 Å². The lowest BCUT2D eigenvalue weighted by Gasteiger charge is -2.19. The normalized spacial score (nSPS) is 17.7. The van der Waals surface area contributed by atoms with Gasteiger partial charge in [0.05, 0.1) is 6.61 Å². The molecule has 0 saturated heterocycles. The van der Waals surface area contributed by atoms with Gasteiger partial charge in [0.1, 0.15) is 5.75 Å². The summed E-state index contributed by atoms with van der Waals surface area (Å²) in [6.07, 6.45) is 2.17. The molecule has 4 heteroatoms. The number of halogens is 2. The summed E-state index contributed by atoms with van der Waals surface area (Å²) in [6, 6.07) is 15.0.